The lowest BCUT2D eigenvalue weighted by Gasteiger charge is -2.34. The van der Waals surface area contributed by atoms with Crippen molar-refractivity contribution in [3.8, 4) is 0 Å². The summed E-state index contributed by atoms with van der Waals surface area (Å²) in [6.07, 6.45) is 4.39. The summed E-state index contributed by atoms with van der Waals surface area (Å²) in [5.74, 6) is -2.52. The molecule has 2 amide bonds. The number of esters is 1. The molecule has 0 aromatic carbocycles. The van der Waals surface area contributed by atoms with Crippen molar-refractivity contribution in [3.05, 3.63) is 12.2 Å². The number of carbonyl (C=O) groups is 3. The SMILES string of the molecule is CCOC(=O)[C@H]1[C@@H]2C(=O)N([C@@H](CO)CC(C)C)[C@H](C(=O)NC(C)C)[C@H]2C=C[C@H]1C. The molecule has 0 aromatic rings. The van der Waals surface area contributed by atoms with Crippen molar-refractivity contribution in [1.29, 1.82) is 0 Å². The Balaban J connectivity index is 2.50. The number of aliphatic hydroxyl groups excluding tert-OH is 1. The Morgan fingerprint density at radius 2 is 1.90 bits per heavy atom. The minimum atomic E-state index is -0.744. The summed E-state index contributed by atoms with van der Waals surface area (Å²) in [5, 5.41) is 13.0. The van der Waals surface area contributed by atoms with Gasteiger partial charge in [-0.3, -0.25) is 14.4 Å². The van der Waals surface area contributed by atoms with Gasteiger partial charge in [-0.25, -0.2) is 0 Å². The van der Waals surface area contributed by atoms with E-state index in [2.05, 4.69) is 5.32 Å². The molecule has 0 aromatic heterocycles. The van der Waals surface area contributed by atoms with Crippen LogP contribution >= 0.6 is 0 Å². The van der Waals surface area contributed by atoms with Crippen molar-refractivity contribution in [2.45, 2.75) is 66.1 Å². The summed E-state index contributed by atoms with van der Waals surface area (Å²) >= 11 is 0. The van der Waals surface area contributed by atoms with Crippen molar-refractivity contribution in [1.82, 2.24) is 10.2 Å². The molecule has 6 atom stereocenters. The van der Waals surface area contributed by atoms with E-state index in [1.165, 1.54) is 0 Å². The number of carbonyl (C=O) groups excluding carboxylic acids is 3. The van der Waals surface area contributed by atoms with E-state index in [-0.39, 0.29) is 42.9 Å². The van der Waals surface area contributed by atoms with Gasteiger partial charge >= 0.3 is 5.97 Å². The number of nitrogens with one attached hydrogen (secondary N) is 1. The normalized spacial score (nSPS) is 29.9. The molecular weight excluding hydrogens is 372 g/mol. The number of hydrogen-bond acceptors (Lipinski definition) is 5. The minimum Gasteiger partial charge on any atom is -0.466 e. The number of likely N-dealkylation sites (tertiary alicyclic amines) is 1. The predicted molar refractivity (Wildman–Crippen MR) is 110 cm³/mol. The smallest absolute Gasteiger partial charge is 0.310 e. The second-order valence-electron chi connectivity index (χ2n) is 8.94. The van der Waals surface area contributed by atoms with Crippen molar-refractivity contribution < 1.29 is 24.2 Å². The molecule has 0 spiro atoms. The van der Waals surface area contributed by atoms with Crippen LogP contribution in [-0.2, 0) is 19.1 Å². The van der Waals surface area contributed by atoms with Crippen LogP contribution in [0.25, 0.3) is 0 Å². The predicted octanol–water partition coefficient (Wildman–Crippen LogP) is 1.75. The Morgan fingerprint density at radius 3 is 2.41 bits per heavy atom. The zero-order chi connectivity index (χ0) is 21.9. The molecule has 1 saturated heterocycles. The number of allylic oxidation sites excluding steroid dienone is 1. The van der Waals surface area contributed by atoms with Crippen LogP contribution in [-0.4, -0.2) is 59.1 Å². The van der Waals surface area contributed by atoms with Crippen LogP contribution in [0, 0.1) is 29.6 Å². The van der Waals surface area contributed by atoms with Gasteiger partial charge in [-0.2, -0.15) is 0 Å². The zero-order valence-electron chi connectivity index (χ0n) is 18.4. The van der Waals surface area contributed by atoms with Crippen molar-refractivity contribution in [2.75, 3.05) is 13.2 Å². The molecule has 0 radical (unpaired) electrons. The third-order valence-corrected chi connectivity index (χ3v) is 5.81. The number of nitrogens with zero attached hydrogens (tertiary/aromatic N) is 1. The van der Waals surface area contributed by atoms with Gasteiger partial charge < -0.3 is 20.1 Å². The Morgan fingerprint density at radius 1 is 1.24 bits per heavy atom. The number of hydrogen-bond donors (Lipinski definition) is 2. The van der Waals surface area contributed by atoms with Crippen LogP contribution in [0.3, 0.4) is 0 Å². The first-order valence-electron chi connectivity index (χ1n) is 10.7. The first kappa shape index (κ1) is 23.4. The van der Waals surface area contributed by atoms with E-state index >= 15 is 0 Å². The van der Waals surface area contributed by atoms with E-state index in [1.807, 2.05) is 46.8 Å². The van der Waals surface area contributed by atoms with Crippen LogP contribution in [0.4, 0.5) is 0 Å². The van der Waals surface area contributed by atoms with Gasteiger partial charge in [0.2, 0.25) is 11.8 Å². The largest absolute Gasteiger partial charge is 0.466 e. The Labute approximate surface area is 173 Å². The topological polar surface area (TPSA) is 95.9 Å². The number of aliphatic hydroxyl groups is 1. The van der Waals surface area contributed by atoms with E-state index < -0.39 is 35.8 Å². The van der Waals surface area contributed by atoms with Gasteiger partial charge in [0.15, 0.2) is 0 Å². The highest BCUT2D eigenvalue weighted by Gasteiger charge is 2.58. The number of rotatable bonds is 8. The number of ether oxygens (including phenoxy) is 1. The molecule has 1 fully saturated rings. The molecule has 0 unspecified atom stereocenters. The molecule has 7 heteroatoms. The van der Waals surface area contributed by atoms with Gasteiger partial charge in [-0.1, -0.05) is 32.9 Å². The minimum absolute atomic E-state index is 0.0801. The highest BCUT2D eigenvalue weighted by atomic mass is 16.5. The van der Waals surface area contributed by atoms with E-state index in [9.17, 15) is 19.5 Å². The molecule has 2 N–H and O–H groups in total. The molecular formula is C22H36N2O5. The lowest BCUT2D eigenvalue weighted by atomic mass is 9.70. The Hall–Kier alpha value is -1.89. The number of amides is 2. The van der Waals surface area contributed by atoms with Crippen LogP contribution in [0.1, 0.15) is 48.0 Å². The third kappa shape index (κ3) is 4.82. The molecule has 0 saturated carbocycles. The molecule has 7 nitrogen and oxygen atoms in total. The molecule has 0 bridgehead atoms. The number of fused-ring (bicyclic) bond motifs is 1. The zero-order valence-corrected chi connectivity index (χ0v) is 18.4. The summed E-state index contributed by atoms with van der Waals surface area (Å²) in [4.78, 5) is 40.9. The van der Waals surface area contributed by atoms with Crippen LogP contribution in [0.5, 0.6) is 0 Å². The lowest BCUT2D eigenvalue weighted by molar-refractivity contribution is -0.156. The fraction of sp³-hybridized carbons (Fsp3) is 0.773. The van der Waals surface area contributed by atoms with Gasteiger partial charge in [0.25, 0.3) is 0 Å². The second kappa shape index (κ2) is 9.74. The summed E-state index contributed by atoms with van der Waals surface area (Å²) < 4.78 is 5.26. The summed E-state index contributed by atoms with van der Waals surface area (Å²) in [7, 11) is 0. The van der Waals surface area contributed by atoms with Gasteiger partial charge in [-0.15, -0.1) is 0 Å². The first-order valence-corrected chi connectivity index (χ1v) is 10.7. The fourth-order valence-electron chi connectivity index (χ4n) is 4.72. The van der Waals surface area contributed by atoms with Crippen LogP contribution in [0.15, 0.2) is 12.2 Å². The van der Waals surface area contributed by atoms with E-state index in [0.29, 0.717) is 6.42 Å². The first-order chi connectivity index (χ1) is 13.6. The molecule has 1 heterocycles. The Kier molecular flexibility index (Phi) is 7.86. The van der Waals surface area contributed by atoms with Gasteiger partial charge in [-0.05, 0) is 39.0 Å². The average molecular weight is 409 g/mol. The molecule has 2 aliphatic rings. The summed E-state index contributed by atoms with van der Waals surface area (Å²) in [6, 6.07) is -1.29. The van der Waals surface area contributed by atoms with Crippen LogP contribution < -0.4 is 5.32 Å². The molecule has 29 heavy (non-hydrogen) atoms. The Bertz CT molecular complexity index is 645. The highest BCUT2D eigenvalue weighted by Crippen LogP contribution is 2.45. The lowest BCUT2D eigenvalue weighted by Crippen LogP contribution is -2.53. The molecule has 164 valence electrons. The van der Waals surface area contributed by atoms with Crippen molar-refractivity contribution >= 4 is 17.8 Å². The maximum Gasteiger partial charge on any atom is 0.310 e. The van der Waals surface area contributed by atoms with Crippen LogP contribution in [0.2, 0.25) is 0 Å². The molecule has 2 rings (SSSR count). The fourth-order valence-corrected chi connectivity index (χ4v) is 4.72. The van der Waals surface area contributed by atoms with E-state index in [1.54, 1.807) is 11.8 Å². The van der Waals surface area contributed by atoms with Crippen molar-refractivity contribution in [3.63, 3.8) is 0 Å². The average Bonchev–Trinajstić information content (AvgIpc) is 2.91. The molecule has 1 aliphatic carbocycles. The second-order valence-corrected chi connectivity index (χ2v) is 8.94. The quantitative estimate of drug-likeness (QED) is 0.471. The van der Waals surface area contributed by atoms with E-state index in [4.69, 9.17) is 4.74 Å². The standard InChI is InChI=1S/C22H36N2O5/c1-7-29-22(28)17-14(6)8-9-16-18(17)21(27)24(15(11-25)10-12(2)3)19(16)20(26)23-13(4)5/h8-9,12-19,25H,7,10-11H2,1-6H3,(H,23,26)/t14-,15-,16+,17-,18-,19+/m1/s1. The third-order valence-electron chi connectivity index (χ3n) is 5.81. The maximum absolute atomic E-state index is 13.6. The monoisotopic (exact) mass is 408 g/mol. The van der Waals surface area contributed by atoms with Gasteiger partial charge in [0.1, 0.15) is 6.04 Å². The van der Waals surface area contributed by atoms with Crippen molar-refractivity contribution in [2.24, 2.45) is 29.6 Å². The summed E-state index contributed by atoms with van der Waals surface area (Å²) in [6.45, 7) is 11.4. The molecule has 1 aliphatic heterocycles. The maximum atomic E-state index is 13.6. The summed E-state index contributed by atoms with van der Waals surface area (Å²) in [5.41, 5.74) is 0. The van der Waals surface area contributed by atoms with Gasteiger partial charge in [0.05, 0.1) is 31.1 Å². The van der Waals surface area contributed by atoms with E-state index in [0.717, 1.165) is 0 Å². The van der Waals surface area contributed by atoms with Gasteiger partial charge in [0, 0.05) is 12.0 Å². The highest BCUT2D eigenvalue weighted by molar-refractivity contribution is 5.96.